The SMILES string of the molecule is CC(C)(C)OC(=O)N1C(=O)C[C@@H]1c1ccccc1. The molecule has 1 heterocycles. The van der Waals surface area contributed by atoms with Gasteiger partial charge in [0.15, 0.2) is 0 Å². The Kier molecular flexibility index (Phi) is 3.11. The number of rotatable bonds is 1. The van der Waals surface area contributed by atoms with E-state index in [4.69, 9.17) is 4.74 Å². The van der Waals surface area contributed by atoms with E-state index < -0.39 is 11.7 Å². The van der Waals surface area contributed by atoms with E-state index in [2.05, 4.69) is 0 Å². The molecule has 1 aliphatic heterocycles. The zero-order valence-electron chi connectivity index (χ0n) is 10.8. The highest BCUT2D eigenvalue weighted by Gasteiger charge is 2.43. The predicted octanol–water partition coefficient (Wildman–Crippen LogP) is 2.90. The van der Waals surface area contributed by atoms with Crippen molar-refractivity contribution >= 4 is 12.0 Å². The van der Waals surface area contributed by atoms with Crippen molar-refractivity contribution in [1.82, 2.24) is 4.90 Å². The number of carbonyl (C=O) groups is 2. The second-order valence-corrected chi connectivity index (χ2v) is 5.37. The van der Waals surface area contributed by atoms with E-state index in [0.717, 1.165) is 5.56 Å². The molecule has 0 radical (unpaired) electrons. The number of hydrogen-bond acceptors (Lipinski definition) is 3. The van der Waals surface area contributed by atoms with Crippen LogP contribution in [0.25, 0.3) is 0 Å². The zero-order chi connectivity index (χ0) is 13.3. The summed E-state index contributed by atoms with van der Waals surface area (Å²) >= 11 is 0. The van der Waals surface area contributed by atoms with Crippen molar-refractivity contribution in [3.63, 3.8) is 0 Å². The van der Waals surface area contributed by atoms with E-state index in [-0.39, 0.29) is 11.9 Å². The monoisotopic (exact) mass is 247 g/mol. The number of ether oxygens (including phenoxy) is 1. The first-order chi connectivity index (χ1) is 8.38. The summed E-state index contributed by atoms with van der Waals surface area (Å²) in [5, 5.41) is 0. The molecule has 0 spiro atoms. The van der Waals surface area contributed by atoms with Crippen molar-refractivity contribution in [1.29, 1.82) is 0 Å². The Balaban J connectivity index is 2.12. The molecule has 0 saturated carbocycles. The maximum atomic E-state index is 11.9. The topological polar surface area (TPSA) is 46.6 Å². The summed E-state index contributed by atoms with van der Waals surface area (Å²) in [6.45, 7) is 5.35. The Morgan fingerprint density at radius 3 is 2.39 bits per heavy atom. The van der Waals surface area contributed by atoms with Gasteiger partial charge in [-0.1, -0.05) is 30.3 Å². The van der Waals surface area contributed by atoms with Crippen LogP contribution in [0.5, 0.6) is 0 Å². The molecular formula is C14H17NO3. The second kappa shape index (κ2) is 4.44. The number of carbonyl (C=O) groups excluding carboxylic acids is 2. The summed E-state index contributed by atoms with van der Waals surface area (Å²) < 4.78 is 5.23. The third-order valence-electron chi connectivity index (χ3n) is 2.72. The Bertz CT molecular complexity index is 462. The fourth-order valence-corrected chi connectivity index (χ4v) is 1.90. The van der Waals surface area contributed by atoms with Crippen LogP contribution in [0, 0.1) is 0 Å². The number of likely N-dealkylation sites (tertiary alicyclic amines) is 1. The lowest BCUT2D eigenvalue weighted by Gasteiger charge is -2.39. The first-order valence-corrected chi connectivity index (χ1v) is 5.98. The van der Waals surface area contributed by atoms with Crippen molar-refractivity contribution in [2.45, 2.75) is 38.8 Å². The van der Waals surface area contributed by atoms with Gasteiger partial charge in [0.1, 0.15) is 5.60 Å². The Labute approximate surface area is 107 Å². The maximum Gasteiger partial charge on any atom is 0.417 e. The highest BCUT2D eigenvalue weighted by molar-refractivity contribution is 5.98. The molecule has 1 saturated heterocycles. The minimum Gasteiger partial charge on any atom is -0.443 e. The van der Waals surface area contributed by atoms with E-state index in [0.29, 0.717) is 6.42 Å². The summed E-state index contributed by atoms with van der Waals surface area (Å²) in [7, 11) is 0. The lowest BCUT2D eigenvalue weighted by atomic mass is 9.94. The Morgan fingerprint density at radius 2 is 1.89 bits per heavy atom. The van der Waals surface area contributed by atoms with Crippen molar-refractivity contribution in [3.8, 4) is 0 Å². The van der Waals surface area contributed by atoms with Crippen LogP contribution in [-0.2, 0) is 9.53 Å². The van der Waals surface area contributed by atoms with Gasteiger partial charge in [0.05, 0.1) is 12.5 Å². The molecule has 4 heteroatoms. The van der Waals surface area contributed by atoms with E-state index in [1.54, 1.807) is 20.8 Å². The summed E-state index contributed by atoms with van der Waals surface area (Å²) in [5.74, 6) is -0.182. The molecule has 2 amide bonds. The van der Waals surface area contributed by atoms with E-state index in [9.17, 15) is 9.59 Å². The molecule has 0 unspecified atom stereocenters. The first kappa shape index (κ1) is 12.6. The molecule has 96 valence electrons. The molecule has 1 aromatic carbocycles. The first-order valence-electron chi connectivity index (χ1n) is 5.98. The molecule has 0 aromatic heterocycles. The number of benzene rings is 1. The molecule has 1 aromatic rings. The molecule has 1 atom stereocenters. The summed E-state index contributed by atoms with van der Waals surface area (Å²) in [6, 6.07) is 9.33. The van der Waals surface area contributed by atoms with Crippen LogP contribution >= 0.6 is 0 Å². The van der Waals surface area contributed by atoms with E-state index in [1.807, 2.05) is 30.3 Å². The van der Waals surface area contributed by atoms with E-state index in [1.165, 1.54) is 4.90 Å². The number of amides is 2. The number of nitrogens with zero attached hydrogens (tertiary/aromatic N) is 1. The quantitative estimate of drug-likeness (QED) is 0.717. The number of imide groups is 1. The summed E-state index contributed by atoms with van der Waals surface area (Å²) in [6.07, 6.45) is -0.198. The molecule has 1 aliphatic rings. The van der Waals surface area contributed by atoms with Crippen molar-refractivity contribution in [2.24, 2.45) is 0 Å². The van der Waals surface area contributed by atoms with Crippen LogP contribution < -0.4 is 0 Å². The van der Waals surface area contributed by atoms with Crippen LogP contribution in [0.4, 0.5) is 4.79 Å². The van der Waals surface area contributed by atoms with Gasteiger partial charge in [0, 0.05) is 0 Å². The highest BCUT2D eigenvalue weighted by atomic mass is 16.6. The van der Waals surface area contributed by atoms with Crippen molar-refractivity contribution in [2.75, 3.05) is 0 Å². The average Bonchev–Trinajstić information content (AvgIpc) is 2.24. The fraction of sp³-hybridized carbons (Fsp3) is 0.429. The fourth-order valence-electron chi connectivity index (χ4n) is 1.90. The summed E-state index contributed by atoms with van der Waals surface area (Å²) in [5.41, 5.74) is 0.372. The van der Waals surface area contributed by atoms with Gasteiger partial charge >= 0.3 is 6.09 Å². The molecule has 0 aliphatic carbocycles. The van der Waals surface area contributed by atoms with Crippen LogP contribution in [0.1, 0.15) is 38.8 Å². The Hall–Kier alpha value is -1.84. The normalized spacial score (nSPS) is 19.4. The van der Waals surface area contributed by atoms with Crippen LogP contribution in [0.15, 0.2) is 30.3 Å². The molecule has 0 bridgehead atoms. The van der Waals surface area contributed by atoms with Gasteiger partial charge in [0.25, 0.3) is 0 Å². The molecule has 1 fully saturated rings. The van der Waals surface area contributed by atoms with Gasteiger partial charge in [-0.3, -0.25) is 4.79 Å². The Morgan fingerprint density at radius 1 is 1.28 bits per heavy atom. The number of β-lactam (4-membered cyclic amide) rings is 1. The maximum absolute atomic E-state index is 11.9. The van der Waals surface area contributed by atoms with Crippen LogP contribution in [-0.4, -0.2) is 22.5 Å². The molecule has 18 heavy (non-hydrogen) atoms. The minimum absolute atomic E-state index is 0.182. The lowest BCUT2D eigenvalue weighted by Crippen LogP contribution is -2.51. The van der Waals surface area contributed by atoms with Crippen LogP contribution in [0.3, 0.4) is 0 Å². The zero-order valence-corrected chi connectivity index (χ0v) is 10.8. The van der Waals surface area contributed by atoms with Gasteiger partial charge < -0.3 is 4.74 Å². The standard InChI is InChI=1S/C14H17NO3/c1-14(2,3)18-13(17)15-11(9-12(15)16)10-7-5-4-6-8-10/h4-8,11H,9H2,1-3H3/t11-/m1/s1. The summed E-state index contributed by atoms with van der Waals surface area (Å²) in [4.78, 5) is 24.7. The largest absolute Gasteiger partial charge is 0.443 e. The number of hydrogen-bond donors (Lipinski definition) is 0. The van der Waals surface area contributed by atoms with Gasteiger partial charge in [-0.15, -0.1) is 0 Å². The van der Waals surface area contributed by atoms with E-state index >= 15 is 0 Å². The van der Waals surface area contributed by atoms with Crippen molar-refractivity contribution in [3.05, 3.63) is 35.9 Å². The molecule has 0 N–H and O–H groups in total. The lowest BCUT2D eigenvalue weighted by molar-refractivity contribution is -0.144. The van der Waals surface area contributed by atoms with Gasteiger partial charge in [-0.25, -0.2) is 9.69 Å². The van der Waals surface area contributed by atoms with Gasteiger partial charge in [-0.05, 0) is 26.3 Å². The molecule has 4 nitrogen and oxygen atoms in total. The third-order valence-corrected chi connectivity index (χ3v) is 2.72. The second-order valence-electron chi connectivity index (χ2n) is 5.37. The molecule has 2 rings (SSSR count). The molecular weight excluding hydrogens is 230 g/mol. The minimum atomic E-state index is -0.589. The van der Waals surface area contributed by atoms with Crippen molar-refractivity contribution < 1.29 is 14.3 Å². The highest BCUT2D eigenvalue weighted by Crippen LogP contribution is 2.35. The van der Waals surface area contributed by atoms with Crippen LogP contribution in [0.2, 0.25) is 0 Å². The predicted molar refractivity (Wildman–Crippen MR) is 66.9 cm³/mol. The van der Waals surface area contributed by atoms with Gasteiger partial charge in [0.2, 0.25) is 5.91 Å². The van der Waals surface area contributed by atoms with Gasteiger partial charge in [-0.2, -0.15) is 0 Å². The average molecular weight is 247 g/mol. The third kappa shape index (κ3) is 2.53. The smallest absolute Gasteiger partial charge is 0.417 e.